The van der Waals surface area contributed by atoms with E-state index < -0.39 is 17.2 Å². The molecule has 4 aromatic carbocycles. The molecule has 0 saturated heterocycles. The Bertz CT molecular complexity index is 1280. The fraction of sp³-hybridized carbons (Fsp3) is 0.240. The third-order valence-corrected chi connectivity index (χ3v) is 6.79. The Hall–Kier alpha value is -2.53. The molecule has 5 heteroatoms. The maximum absolute atomic E-state index is 13.7. The first-order valence-electron chi connectivity index (χ1n) is 9.79. The van der Waals surface area contributed by atoms with E-state index in [2.05, 4.69) is 0 Å². The average molecular weight is 427 g/mol. The normalized spacial score (nSPS) is 12.4. The number of benzene rings is 2. The van der Waals surface area contributed by atoms with Crippen molar-refractivity contribution in [2.24, 2.45) is 0 Å². The highest BCUT2D eigenvalue weighted by Crippen LogP contribution is 2.42. The van der Waals surface area contributed by atoms with Gasteiger partial charge in [0.1, 0.15) is 5.56 Å². The highest BCUT2D eigenvalue weighted by molar-refractivity contribution is 7.98. The van der Waals surface area contributed by atoms with Gasteiger partial charge in [-0.15, -0.1) is 11.8 Å². The van der Waals surface area contributed by atoms with E-state index in [1.807, 2.05) is 63.2 Å². The molecular formula is C25H21F3OS. The summed E-state index contributed by atoms with van der Waals surface area (Å²) in [6.45, 7) is 6.00. The molecule has 4 aromatic rings. The summed E-state index contributed by atoms with van der Waals surface area (Å²) in [5, 5.41) is 2.13. The molecule has 0 aliphatic carbocycles. The van der Waals surface area contributed by atoms with Crippen molar-refractivity contribution in [1.29, 1.82) is 0 Å². The molecule has 0 aromatic heterocycles. The van der Waals surface area contributed by atoms with Crippen LogP contribution in [-0.4, -0.2) is 0 Å². The molecule has 1 nitrogen and oxygen atoms in total. The van der Waals surface area contributed by atoms with Gasteiger partial charge in [0.15, 0.2) is 5.43 Å². The van der Waals surface area contributed by atoms with Gasteiger partial charge in [-0.05, 0) is 46.4 Å². The summed E-state index contributed by atoms with van der Waals surface area (Å²) in [5.41, 5.74) is 0.928. The maximum Gasteiger partial charge on any atom is 0.420 e. The number of thioether (sulfide) groups is 1. The smallest absolute Gasteiger partial charge is 0.289 e. The molecule has 0 bridgehead atoms. The highest BCUT2D eigenvalue weighted by atomic mass is 32.2. The second-order valence-corrected chi connectivity index (χ2v) is 8.85. The number of aryl methyl sites for hydroxylation is 1. The van der Waals surface area contributed by atoms with Gasteiger partial charge in [0.2, 0.25) is 0 Å². The van der Waals surface area contributed by atoms with Gasteiger partial charge in [-0.1, -0.05) is 62.4 Å². The Kier molecular flexibility index (Phi) is 5.27. The van der Waals surface area contributed by atoms with Gasteiger partial charge in [-0.2, -0.15) is 13.2 Å². The van der Waals surface area contributed by atoms with E-state index in [0.29, 0.717) is 21.4 Å². The maximum atomic E-state index is 13.7. The predicted octanol–water partition coefficient (Wildman–Crippen LogP) is 7.53. The molecule has 0 unspecified atom stereocenters. The Balaban J connectivity index is 2.05. The standard InChI is InChI=1S/C25H21F3OS/c1-14(2)17-9-10-18-12-20(25(26,27)28)23(29)22-21(18)19(11-17)15(3)24(22)30-13-16-7-5-4-6-8-16/h4-12,14H,13H2,1-3H3. The van der Waals surface area contributed by atoms with Crippen molar-refractivity contribution in [3.8, 4) is 0 Å². The van der Waals surface area contributed by atoms with Gasteiger partial charge in [0.05, 0.1) is 0 Å². The van der Waals surface area contributed by atoms with Crippen LogP contribution in [0.15, 0.2) is 64.3 Å². The van der Waals surface area contributed by atoms with Gasteiger partial charge in [0, 0.05) is 21.4 Å². The molecular weight excluding hydrogens is 405 g/mol. The predicted molar refractivity (Wildman–Crippen MR) is 119 cm³/mol. The zero-order valence-electron chi connectivity index (χ0n) is 16.9. The second kappa shape index (κ2) is 7.62. The monoisotopic (exact) mass is 426 g/mol. The van der Waals surface area contributed by atoms with E-state index in [1.54, 1.807) is 6.07 Å². The summed E-state index contributed by atoms with van der Waals surface area (Å²) in [6.07, 6.45) is -4.69. The van der Waals surface area contributed by atoms with Gasteiger partial charge in [-0.3, -0.25) is 4.79 Å². The van der Waals surface area contributed by atoms with E-state index in [1.165, 1.54) is 11.8 Å². The molecule has 0 aliphatic heterocycles. The molecule has 0 saturated carbocycles. The van der Waals surface area contributed by atoms with Crippen molar-refractivity contribution in [2.45, 2.75) is 43.5 Å². The summed E-state index contributed by atoms with van der Waals surface area (Å²) in [6, 6.07) is 16.3. The Morgan fingerprint density at radius 1 is 0.967 bits per heavy atom. The summed E-state index contributed by atoms with van der Waals surface area (Å²) in [7, 11) is 0. The van der Waals surface area contributed by atoms with Crippen LogP contribution in [0.1, 0.15) is 42.0 Å². The Morgan fingerprint density at radius 2 is 1.67 bits per heavy atom. The van der Waals surface area contributed by atoms with E-state index in [-0.39, 0.29) is 11.3 Å². The fourth-order valence-electron chi connectivity index (χ4n) is 3.88. The van der Waals surface area contributed by atoms with Crippen LogP contribution in [0.3, 0.4) is 0 Å². The van der Waals surface area contributed by atoms with E-state index >= 15 is 0 Å². The van der Waals surface area contributed by atoms with Gasteiger partial charge >= 0.3 is 6.18 Å². The van der Waals surface area contributed by atoms with Crippen molar-refractivity contribution in [3.05, 3.63) is 87.1 Å². The molecule has 30 heavy (non-hydrogen) atoms. The summed E-state index contributed by atoms with van der Waals surface area (Å²) >= 11 is 1.43. The van der Waals surface area contributed by atoms with Crippen LogP contribution in [0.2, 0.25) is 0 Å². The SMILES string of the molecule is Cc1c(SCc2ccccc2)c2c(=O)c(C(F)(F)F)cc3ccc(C(C)C)cc1c32. The largest absolute Gasteiger partial charge is 0.420 e. The third kappa shape index (κ3) is 3.56. The third-order valence-electron chi connectivity index (χ3n) is 5.52. The molecule has 0 radical (unpaired) electrons. The molecule has 0 heterocycles. The highest BCUT2D eigenvalue weighted by Gasteiger charge is 2.35. The summed E-state index contributed by atoms with van der Waals surface area (Å²) < 4.78 is 41.0. The summed E-state index contributed by atoms with van der Waals surface area (Å²) in [5.74, 6) is 0.802. The van der Waals surface area contributed by atoms with Gasteiger partial charge < -0.3 is 0 Å². The van der Waals surface area contributed by atoms with Crippen molar-refractivity contribution in [1.82, 2.24) is 0 Å². The fourth-order valence-corrected chi connectivity index (χ4v) is 5.05. The van der Waals surface area contributed by atoms with Crippen LogP contribution in [0.25, 0.3) is 21.5 Å². The van der Waals surface area contributed by atoms with Gasteiger partial charge in [0.25, 0.3) is 0 Å². The lowest BCUT2D eigenvalue weighted by Crippen LogP contribution is -2.18. The quantitative estimate of drug-likeness (QED) is 0.314. The first kappa shape index (κ1) is 20.7. The van der Waals surface area contributed by atoms with Crippen molar-refractivity contribution in [2.75, 3.05) is 0 Å². The van der Waals surface area contributed by atoms with Crippen LogP contribution in [-0.2, 0) is 11.9 Å². The minimum atomic E-state index is -4.69. The van der Waals surface area contributed by atoms with Crippen molar-refractivity contribution < 1.29 is 13.2 Å². The topological polar surface area (TPSA) is 17.1 Å². The molecule has 0 amide bonds. The van der Waals surface area contributed by atoms with Crippen LogP contribution >= 0.6 is 11.8 Å². The molecule has 154 valence electrons. The number of hydrogen-bond donors (Lipinski definition) is 0. The Labute approximate surface area is 177 Å². The molecule has 0 fully saturated rings. The number of rotatable bonds is 4. The van der Waals surface area contributed by atoms with E-state index in [0.717, 1.165) is 28.1 Å². The van der Waals surface area contributed by atoms with Crippen molar-refractivity contribution >= 4 is 33.3 Å². The Morgan fingerprint density at radius 3 is 2.30 bits per heavy atom. The average Bonchev–Trinajstić information content (AvgIpc) is 2.84. The van der Waals surface area contributed by atoms with Gasteiger partial charge in [-0.25, -0.2) is 0 Å². The zero-order chi connectivity index (χ0) is 21.6. The van der Waals surface area contributed by atoms with Crippen LogP contribution in [0.5, 0.6) is 0 Å². The van der Waals surface area contributed by atoms with Crippen LogP contribution < -0.4 is 5.43 Å². The summed E-state index contributed by atoms with van der Waals surface area (Å²) in [4.78, 5) is 13.7. The van der Waals surface area contributed by atoms with E-state index in [9.17, 15) is 18.0 Å². The molecule has 0 aliphatic rings. The first-order chi connectivity index (χ1) is 14.2. The molecule has 0 atom stereocenters. The van der Waals surface area contributed by atoms with Crippen LogP contribution in [0.4, 0.5) is 13.2 Å². The van der Waals surface area contributed by atoms with Crippen molar-refractivity contribution in [3.63, 3.8) is 0 Å². The molecule has 0 N–H and O–H groups in total. The number of halogens is 3. The number of hydrogen-bond acceptors (Lipinski definition) is 2. The van der Waals surface area contributed by atoms with Crippen LogP contribution in [0, 0.1) is 6.92 Å². The molecule has 0 spiro atoms. The zero-order valence-corrected chi connectivity index (χ0v) is 17.7. The lowest BCUT2D eigenvalue weighted by Gasteiger charge is -2.08. The molecule has 4 rings (SSSR count). The lowest BCUT2D eigenvalue weighted by molar-refractivity contribution is -0.138. The first-order valence-corrected chi connectivity index (χ1v) is 10.8. The lowest BCUT2D eigenvalue weighted by atomic mass is 10.0. The number of alkyl halides is 3. The van der Waals surface area contributed by atoms with E-state index in [4.69, 9.17) is 0 Å². The minimum absolute atomic E-state index is 0.194. The second-order valence-electron chi connectivity index (χ2n) is 7.86. The minimum Gasteiger partial charge on any atom is -0.289 e.